The zero-order valence-electron chi connectivity index (χ0n) is 17.0. The van der Waals surface area contributed by atoms with Crippen LogP contribution in [0.3, 0.4) is 0 Å². The Bertz CT molecular complexity index is 861. The van der Waals surface area contributed by atoms with E-state index >= 15 is 0 Å². The van der Waals surface area contributed by atoms with Gasteiger partial charge in [0.15, 0.2) is 0 Å². The molecule has 0 radical (unpaired) electrons. The van der Waals surface area contributed by atoms with Crippen molar-refractivity contribution in [2.45, 2.75) is 44.9 Å². The Labute approximate surface area is 177 Å². The summed E-state index contributed by atoms with van der Waals surface area (Å²) in [6, 6.07) is 2.22. The van der Waals surface area contributed by atoms with Crippen molar-refractivity contribution in [3.63, 3.8) is 0 Å². The highest BCUT2D eigenvalue weighted by Crippen LogP contribution is 2.32. The van der Waals surface area contributed by atoms with E-state index in [2.05, 4.69) is 35.4 Å². The van der Waals surface area contributed by atoms with E-state index in [1.54, 1.807) is 0 Å². The first-order valence-electron chi connectivity index (χ1n) is 9.79. The van der Waals surface area contributed by atoms with Crippen LogP contribution in [0.1, 0.15) is 40.5 Å². The molecular formula is C20H26F3N3O3S. The van der Waals surface area contributed by atoms with E-state index < -0.39 is 12.1 Å². The molecule has 1 aliphatic heterocycles. The molecule has 0 aromatic carbocycles. The summed E-state index contributed by atoms with van der Waals surface area (Å²) in [5, 5.41) is 13.8. The summed E-state index contributed by atoms with van der Waals surface area (Å²) < 4.78 is 39.8. The Morgan fingerprint density at radius 3 is 2.63 bits per heavy atom. The average molecular weight is 446 g/mol. The van der Waals surface area contributed by atoms with Gasteiger partial charge in [0.2, 0.25) is 0 Å². The Morgan fingerprint density at radius 2 is 2.07 bits per heavy atom. The van der Waals surface area contributed by atoms with Crippen molar-refractivity contribution in [1.29, 1.82) is 0 Å². The molecule has 2 aliphatic rings. The second kappa shape index (κ2) is 9.49. The first-order chi connectivity index (χ1) is 14.1. The summed E-state index contributed by atoms with van der Waals surface area (Å²) in [7, 11) is 2.06. The average Bonchev–Trinajstić information content (AvgIpc) is 3.30. The van der Waals surface area contributed by atoms with Crippen LogP contribution in [0.4, 0.5) is 13.2 Å². The molecule has 0 bridgehead atoms. The number of hydrogen-bond donors (Lipinski definition) is 1. The fourth-order valence-electron chi connectivity index (χ4n) is 3.39. The highest BCUT2D eigenvalue weighted by atomic mass is 32.1. The maximum Gasteiger partial charge on any atom is 0.490 e. The predicted molar refractivity (Wildman–Crippen MR) is 106 cm³/mol. The fourth-order valence-corrected chi connectivity index (χ4v) is 4.34. The number of aryl methyl sites for hydroxylation is 2. The molecule has 2 aromatic rings. The van der Waals surface area contributed by atoms with Gasteiger partial charge in [0.1, 0.15) is 0 Å². The summed E-state index contributed by atoms with van der Waals surface area (Å²) in [6.45, 7) is 7.07. The molecular weight excluding hydrogens is 419 g/mol. The van der Waals surface area contributed by atoms with Crippen LogP contribution >= 0.6 is 11.3 Å². The lowest BCUT2D eigenvalue weighted by molar-refractivity contribution is -0.192. The van der Waals surface area contributed by atoms with Crippen LogP contribution in [0.5, 0.6) is 0 Å². The first-order valence-corrected chi connectivity index (χ1v) is 10.7. The number of nitrogens with zero attached hydrogens (tertiary/aromatic N) is 3. The summed E-state index contributed by atoms with van der Waals surface area (Å²) in [6.07, 6.45) is -0.326. The van der Waals surface area contributed by atoms with Crippen LogP contribution in [0.2, 0.25) is 0 Å². The summed E-state index contributed by atoms with van der Waals surface area (Å²) in [5.41, 5.74) is 4.15. The minimum Gasteiger partial charge on any atom is -0.475 e. The smallest absolute Gasteiger partial charge is 0.475 e. The highest BCUT2D eigenvalue weighted by Gasteiger charge is 2.38. The maximum atomic E-state index is 10.6. The summed E-state index contributed by atoms with van der Waals surface area (Å²) in [5.74, 6) is -1.48. The van der Waals surface area contributed by atoms with Gasteiger partial charge in [-0.1, -0.05) is 0 Å². The third kappa shape index (κ3) is 6.05. The zero-order chi connectivity index (χ0) is 21.9. The molecule has 1 atom stereocenters. The Kier molecular flexibility index (Phi) is 7.20. The molecule has 166 valence electrons. The number of thiophene rings is 1. The van der Waals surface area contributed by atoms with Crippen LogP contribution < -0.4 is 0 Å². The molecule has 10 heteroatoms. The van der Waals surface area contributed by atoms with Gasteiger partial charge in [0.05, 0.1) is 18.5 Å². The van der Waals surface area contributed by atoms with E-state index in [0.29, 0.717) is 5.92 Å². The molecule has 1 aliphatic carbocycles. The predicted octanol–water partition coefficient (Wildman–Crippen LogP) is 3.95. The number of carboxylic acids is 1. The highest BCUT2D eigenvalue weighted by molar-refractivity contribution is 7.10. The third-order valence-corrected chi connectivity index (χ3v) is 6.34. The van der Waals surface area contributed by atoms with Crippen LogP contribution in [0.15, 0.2) is 17.6 Å². The number of aliphatic carboxylic acids is 1. The van der Waals surface area contributed by atoms with Crippen molar-refractivity contribution in [3.8, 4) is 0 Å². The largest absolute Gasteiger partial charge is 0.490 e. The van der Waals surface area contributed by atoms with Crippen molar-refractivity contribution in [2.75, 3.05) is 19.8 Å². The lowest BCUT2D eigenvalue weighted by atomic mass is 9.95. The second-order valence-electron chi connectivity index (χ2n) is 7.85. The van der Waals surface area contributed by atoms with Crippen molar-refractivity contribution in [3.05, 3.63) is 39.3 Å². The minimum atomic E-state index is -5.08. The first kappa shape index (κ1) is 22.8. The van der Waals surface area contributed by atoms with Crippen LogP contribution in [0, 0.1) is 12.8 Å². The molecule has 0 amide bonds. The monoisotopic (exact) mass is 445 g/mol. The number of carbonyl (C=O) groups is 1. The van der Waals surface area contributed by atoms with E-state index in [-0.39, 0.29) is 0 Å². The molecule has 1 unspecified atom stereocenters. The number of alkyl halides is 3. The maximum absolute atomic E-state index is 10.6. The normalized spacial score (nSPS) is 19.2. The van der Waals surface area contributed by atoms with Crippen molar-refractivity contribution >= 4 is 17.3 Å². The van der Waals surface area contributed by atoms with Gasteiger partial charge in [-0.05, 0) is 42.7 Å². The minimum absolute atomic E-state index is 0.450. The number of ether oxygens (including phenoxy) is 1. The number of halogens is 3. The number of rotatable bonds is 6. The van der Waals surface area contributed by atoms with Gasteiger partial charge in [-0.25, -0.2) is 4.79 Å². The topological polar surface area (TPSA) is 67.6 Å². The molecule has 0 saturated heterocycles. The van der Waals surface area contributed by atoms with Crippen molar-refractivity contribution < 1.29 is 27.8 Å². The summed E-state index contributed by atoms with van der Waals surface area (Å²) in [4.78, 5) is 12.9. The molecule has 4 rings (SSSR count). The zero-order valence-corrected chi connectivity index (χ0v) is 17.8. The molecule has 2 aromatic heterocycles. The molecule has 1 saturated carbocycles. The van der Waals surface area contributed by atoms with Crippen LogP contribution in [-0.4, -0.2) is 51.7 Å². The molecule has 30 heavy (non-hydrogen) atoms. The SMILES string of the molecule is Cc1ccsc1CN1Cc2c(cnn2C)C(COCC2CC2)C1.O=C(O)C(F)(F)F. The summed E-state index contributed by atoms with van der Waals surface area (Å²) >= 11 is 1.87. The van der Waals surface area contributed by atoms with Gasteiger partial charge in [-0.3, -0.25) is 9.58 Å². The Balaban J connectivity index is 0.000000318. The van der Waals surface area contributed by atoms with Gasteiger partial charge in [0.25, 0.3) is 0 Å². The van der Waals surface area contributed by atoms with Gasteiger partial charge in [-0.2, -0.15) is 18.3 Å². The van der Waals surface area contributed by atoms with Crippen LogP contribution in [-0.2, 0) is 29.7 Å². The van der Waals surface area contributed by atoms with E-state index in [0.717, 1.165) is 38.8 Å². The van der Waals surface area contributed by atoms with Crippen LogP contribution in [0.25, 0.3) is 0 Å². The molecule has 6 nitrogen and oxygen atoms in total. The standard InChI is InChI=1S/C18H25N3OS.C2HF3O2/c1-13-5-6-23-18(13)10-21-8-15(12-22-11-14-3-4-14)16-7-19-20(2)17(16)9-21;3-2(4,5)1(6)7/h5-7,14-15H,3-4,8-12H2,1-2H3;(H,6,7). The number of carboxylic acid groups (broad SMARTS) is 1. The second-order valence-corrected chi connectivity index (χ2v) is 8.85. The quantitative estimate of drug-likeness (QED) is 0.729. The van der Waals surface area contributed by atoms with E-state index in [9.17, 15) is 13.2 Å². The van der Waals surface area contributed by atoms with E-state index in [1.807, 2.05) is 22.2 Å². The number of hydrogen-bond acceptors (Lipinski definition) is 5. The fraction of sp³-hybridized carbons (Fsp3) is 0.600. The Morgan fingerprint density at radius 1 is 1.37 bits per heavy atom. The molecule has 3 heterocycles. The number of fused-ring (bicyclic) bond motifs is 1. The van der Waals surface area contributed by atoms with E-state index in [4.69, 9.17) is 14.6 Å². The molecule has 0 spiro atoms. The molecule has 1 N–H and O–H groups in total. The van der Waals surface area contributed by atoms with E-state index in [1.165, 1.54) is 34.5 Å². The van der Waals surface area contributed by atoms with Crippen molar-refractivity contribution in [1.82, 2.24) is 14.7 Å². The van der Waals surface area contributed by atoms with Gasteiger partial charge < -0.3 is 9.84 Å². The van der Waals surface area contributed by atoms with Gasteiger partial charge >= 0.3 is 12.1 Å². The van der Waals surface area contributed by atoms with Gasteiger partial charge in [0, 0.05) is 49.6 Å². The van der Waals surface area contributed by atoms with Gasteiger partial charge in [-0.15, -0.1) is 11.3 Å². The lowest BCUT2D eigenvalue weighted by Gasteiger charge is -2.32. The lowest BCUT2D eigenvalue weighted by Crippen LogP contribution is -2.35. The third-order valence-electron chi connectivity index (χ3n) is 5.33. The molecule has 1 fully saturated rings. The Hall–Kier alpha value is -1.91. The number of aromatic nitrogens is 2. The van der Waals surface area contributed by atoms with Crippen molar-refractivity contribution in [2.24, 2.45) is 13.0 Å².